The molecule has 0 bridgehead atoms. The maximum Gasteiger partial charge on any atom is 2.00 e. The minimum atomic E-state index is 0. The summed E-state index contributed by atoms with van der Waals surface area (Å²) in [5, 5.41) is 0. The molecule has 1 nitrogen and oxygen atoms in total. The Labute approximate surface area is 173 Å². The Morgan fingerprint density at radius 1 is 0.692 bits per heavy atom. The van der Waals surface area contributed by atoms with Crippen molar-refractivity contribution in [1.82, 2.24) is 0 Å². The second-order valence-electron chi connectivity index (χ2n) is 8.20. The van der Waals surface area contributed by atoms with Crippen molar-refractivity contribution >= 4 is 0 Å². The first kappa shape index (κ1) is 25.2. The van der Waals surface area contributed by atoms with Gasteiger partial charge in [-0.2, -0.15) is 35.9 Å². The summed E-state index contributed by atoms with van der Waals surface area (Å²) in [4.78, 5) is 0. The van der Waals surface area contributed by atoms with Crippen LogP contribution in [0.4, 0.5) is 0 Å². The molecule has 2 aromatic rings. The van der Waals surface area contributed by atoms with E-state index in [0.717, 1.165) is 4.48 Å². The van der Waals surface area contributed by atoms with Crippen LogP contribution in [0, 0.1) is 0 Å². The van der Waals surface area contributed by atoms with Gasteiger partial charge < -0.3 is 4.48 Å². The van der Waals surface area contributed by atoms with Gasteiger partial charge in [0.2, 0.25) is 0 Å². The normalized spacial score (nSPS) is 10.7. The molecule has 0 aliphatic rings. The number of aryl methyl sites for hydroxylation is 1. The molecule has 0 atom stereocenters. The Hall–Kier alpha value is -0.821. The Morgan fingerprint density at radius 3 is 1.65 bits per heavy atom. The first-order valence-corrected chi connectivity index (χ1v) is 10.3. The fourth-order valence-electron chi connectivity index (χ4n) is 3.05. The van der Waals surface area contributed by atoms with Gasteiger partial charge in [0.1, 0.15) is 0 Å². The molecule has 2 rings (SSSR count). The third-order valence-electron chi connectivity index (χ3n) is 4.58. The summed E-state index contributed by atoms with van der Waals surface area (Å²) >= 11 is 0. The van der Waals surface area contributed by atoms with Crippen LogP contribution in [0.15, 0.2) is 54.6 Å². The minimum Gasteiger partial charge on any atom is -0.331 e. The average molecular weight is 398 g/mol. The number of nitrogens with zero attached hydrogens (tertiary/aromatic N) is 1. The van der Waals surface area contributed by atoms with Crippen LogP contribution in [0.3, 0.4) is 0 Å². The molecule has 0 aliphatic carbocycles. The van der Waals surface area contributed by atoms with Crippen molar-refractivity contribution in [3.05, 3.63) is 60.2 Å². The third kappa shape index (κ3) is 16.6. The van der Waals surface area contributed by atoms with Crippen molar-refractivity contribution in [2.75, 3.05) is 27.7 Å². The molecule has 0 saturated carbocycles. The second kappa shape index (κ2) is 16.4. The molecule has 0 amide bonds. The van der Waals surface area contributed by atoms with E-state index < -0.39 is 0 Å². The quantitative estimate of drug-likeness (QED) is 0.164. The van der Waals surface area contributed by atoms with Crippen LogP contribution < -0.4 is 0 Å². The second-order valence-corrected chi connectivity index (χ2v) is 8.20. The summed E-state index contributed by atoms with van der Waals surface area (Å²) < 4.78 is 1.11. The zero-order valence-electron chi connectivity index (χ0n) is 17.3. The van der Waals surface area contributed by atoms with E-state index in [1.165, 1.54) is 76.3 Å². The summed E-state index contributed by atoms with van der Waals surface area (Å²) in [5.41, 5.74) is 1.52. The van der Waals surface area contributed by atoms with Crippen LogP contribution in [-0.4, -0.2) is 32.2 Å². The van der Waals surface area contributed by atoms with E-state index in [0.29, 0.717) is 0 Å². The molecule has 2 heteroatoms. The molecule has 2 aromatic carbocycles. The zero-order valence-corrected chi connectivity index (χ0v) is 18.4. The molecule has 0 aliphatic heterocycles. The first-order valence-electron chi connectivity index (χ1n) is 10.3. The van der Waals surface area contributed by atoms with Crippen molar-refractivity contribution in [1.29, 1.82) is 0 Å². The summed E-state index contributed by atoms with van der Waals surface area (Å²) in [6, 6.07) is 18.8. The van der Waals surface area contributed by atoms with E-state index >= 15 is 0 Å². The summed E-state index contributed by atoms with van der Waals surface area (Å²) in [6.07, 6.45) is 14.1. The van der Waals surface area contributed by atoms with E-state index in [2.05, 4.69) is 45.4 Å². The first-order chi connectivity index (χ1) is 12.1. The summed E-state index contributed by atoms with van der Waals surface area (Å²) in [6.45, 7) is 1.32. The van der Waals surface area contributed by atoms with Gasteiger partial charge in [-0.1, -0.05) is 51.4 Å². The molecule has 148 valence electrons. The number of rotatable bonds is 12. The Morgan fingerprint density at radius 2 is 1.23 bits per heavy atom. The van der Waals surface area contributed by atoms with Crippen LogP contribution in [0.1, 0.15) is 63.4 Å². The van der Waals surface area contributed by atoms with Crippen molar-refractivity contribution in [2.24, 2.45) is 0 Å². The molecule has 0 unspecified atom stereocenters. The van der Waals surface area contributed by atoms with Crippen molar-refractivity contribution in [3.63, 3.8) is 0 Å². The largest absolute Gasteiger partial charge is 2.00 e. The Bertz CT molecular complexity index is 448. The fourth-order valence-corrected chi connectivity index (χ4v) is 3.05. The zero-order chi connectivity index (χ0) is 18.2. The summed E-state index contributed by atoms with van der Waals surface area (Å²) in [5.74, 6) is 0. The molecule has 0 radical (unpaired) electrons. The molecular weight excluding hydrogens is 358 g/mol. The van der Waals surface area contributed by atoms with Gasteiger partial charge in [0.15, 0.2) is 0 Å². The van der Waals surface area contributed by atoms with E-state index in [9.17, 15) is 0 Å². The van der Waals surface area contributed by atoms with Crippen LogP contribution in [0.25, 0.3) is 0 Å². The van der Waals surface area contributed by atoms with Gasteiger partial charge in [0, 0.05) is 0 Å². The number of quaternary nitrogens is 1. The number of hydrogen-bond acceptors (Lipinski definition) is 0. The van der Waals surface area contributed by atoms with Crippen LogP contribution in [0.2, 0.25) is 0 Å². The van der Waals surface area contributed by atoms with Gasteiger partial charge in [-0.3, -0.25) is 0 Å². The fraction of sp³-hybridized carbons (Fsp3) is 0.583. The Balaban J connectivity index is 0.000000893. The molecule has 0 spiro atoms. The SMILES string of the molecule is C[N+](C)(C)CCCCCCCCCCCc1ccc[cH-]1.[Fe+2].c1cc[cH-]c1. The van der Waals surface area contributed by atoms with E-state index in [-0.39, 0.29) is 17.1 Å². The van der Waals surface area contributed by atoms with E-state index in [4.69, 9.17) is 0 Å². The molecule has 0 saturated heterocycles. The molecule has 0 fully saturated rings. The van der Waals surface area contributed by atoms with Crippen molar-refractivity contribution in [2.45, 2.75) is 64.2 Å². The molecule has 0 N–H and O–H groups in total. The molecular formula is C24H40FeN+. The van der Waals surface area contributed by atoms with Gasteiger partial charge in [0.05, 0.1) is 27.7 Å². The Kier molecular flexibility index (Phi) is 15.8. The van der Waals surface area contributed by atoms with Crippen LogP contribution in [-0.2, 0) is 23.5 Å². The average Bonchev–Trinajstić information content (AvgIpc) is 3.27. The van der Waals surface area contributed by atoms with E-state index in [1.807, 2.05) is 30.3 Å². The predicted molar refractivity (Wildman–Crippen MR) is 112 cm³/mol. The van der Waals surface area contributed by atoms with Gasteiger partial charge in [-0.15, -0.1) is 0 Å². The van der Waals surface area contributed by atoms with Gasteiger partial charge >= 0.3 is 17.1 Å². The van der Waals surface area contributed by atoms with Crippen LogP contribution >= 0.6 is 0 Å². The topological polar surface area (TPSA) is 0 Å². The van der Waals surface area contributed by atoms with Crippen LogP contribution in [0.5, 0.6) is 0 Å². The number of hydrogen-bond donors (Lipinski definition) is 0. The van der Waals surface area contributed by atoms with Gasteiger partial charge in [0.25, 0.3) is 0 Å². The van der Waals surface area contributed by atoms with E-state index in [1.54, 1.807) is 0 Å². The maximum atomic E-state index is 2.29. The van der Waals surface area contributed by atoms with Crippen molar-refractivity contribution in [3.8, 4) is 0 Å². The maximum absolute atomic E-state index is 2.29. The molecule has 0 heterocycles. The standard InChI is InChI=1S/C19H35N.C5H5.Fe/c1-20(2,3)18-14-10-8-6-4-5-7-9-11-15-19-16-12-13-17-19;1-2-4-5-3-1;/h12-13,16-17H,4-11,14-15,18H2,1-3H3;1-5H;/q;-1;+2. The molecule has 26 heavy (non-hydrogen) atoms. The van der Waals surface area contributed by atoms with Gasteiger partial charge in [-0.05, 0) is 12.8 Å². The molecule has 0 aromatic heterocycles. The predicted octanol–water partition coefficient (Wildman–Crippen LogP) is 6.57. The smallest absolute Gasteiger partial charge is 0.331 e. The van der Waals surface area contributed by atoms with Crippen molar-refractivity contribution < 1.29 is 21.6 Å². The third-order valence-corrected chi connectivity index (χ3v) is 4.58. The number of unbranched alkanes of at least 4 members (excludes halogenated alkanes) is 8. The monoisotopic (exact) mass is 398 g/mol. The minimum absolute atomic E-state index is 0. The van der Waals surface area contributed by atoms with Gasteiger partial charge in [-0.25, -0.2) is 24.3 Å². The summed E-state index contributed by atoms with van der Waals surface area (Å²) in [7, 11) is 6.86.